The number of aliphatic hydroxyl groups excluding tert-OH is 2. The number of nitrogens with two attached hydrogens (primary N) is 2. The third-order valence-electron chi connectivity index (χ3n) is 3.72. The molecule has 0 aromatic carbocycles. The highest BCUT2D eigenvalue weighted by Crippen LogP contribution is 2.33. The molecular formula is C12H16N6O4. The Morgan fingerprint density at radius 2 is 2.27 bits per heavy atom. The van der Waals surface area contributed by atoms with Crippen molar-refractivity contribution in [1.82, 2.24) is 14.5 Å². The van der Waals surface area contributed by atoms with Crippen LogP contribution in [-0.2, 0) is 4.74 Å². The molecule has 0 spiro atoms. The first kappa shape index (κ1) is 14.5. The van der Waals surface area contributed by atoms with E-state index in [0.29, 0.717) is 16.6 Å². The Labute approximate surface area is 124 Å². The minimum atomic E-state index is -0.793. The van der Waals surface area contributed by atoms with Gasteiger partial charge in [-0.3, -0.25) is 0 Å². The predicted octanol–water partition coefficient (Wildman–Crippen LogP) is -1.25. The van der Waals surface area contributed by atoms with Gasteiger partial charge in [-0.1, -0.05) is 5.16 Å². The van der Waals surface area contributed by atoms with Crippen LogP contribution in [0.1, 0.15) is 18.2 Å². The maximum absolute atomic E-state index is 9.87. The van der Waals surface area contributed by atoms with Crippen LogP contribution in [0.4, 0.5) is 5.82 Å². The number of nitrogen functional groups attached to an aromatic ring is 1. The van der Waals surface area contributed by atoms with E-state index in [0.717, 1.165) is 0 Å². The van der Waals surface area contributed by atoms with Crippen LogP contribution in [0.5, 0.6) is 0 Å². The molecular weight excluding hydrogens is 292 g/mol. The zero-order valence-corrected chi connectivity index (χ0v) is 11.5. The van der Waals surface area contributed by atoms with Crippen LogP contribution in [0.25, 0.3) is 11.0 Å². The molecule has 7 N–H and O–H groups in total. The van der Waals surface area contributed by atoms with E-state index in [1.165, 1.54) is 6.33 Å². The molecule has 1 aliphatic heterocycles. The molecule has 0 unspecified atom stereocenters. The highest BCUT2D eigenvalue weighted by Gasteiger charge is 2.35. The number of hydrogen-bond donors (Lipinski definition) is 5. The summed E-state index contributed by atoms with van der Waals surface area (Å²) in [6.07, 6.45) is 1.12. The lowest BCUT2D eigenvalue weighted by Crippen LogP contribution is -2.24. The van der Waals surface area contributed by atoms with Gasteiger partial charge in [-0.25, -0.2) is 9.97 Å². The molecule has 1 aliphatic rings. The van der Waals surface area contributed by atoms with Crippen LogP contribution in [0, 0.1) is 0 Å². The Bertz CT molecular complexity index is 730. The smallest absolute Gasteiger partial charge is 0.172 e. The van der Waals surface area contributed by atoms with E-state index in [1.54, 1.807) is 10.8 Å². The van der Waals surface area contributed by atoms with Crippen molar-refractivity contribution in [3.8, 4) is 0 Å². The van der Waals surface area contributed by atoms with Gasteiger partial charge in [-0.05, 0) is 0 Å². The van der Waals surface area contributed by atoms with E-state index in [2.05, 4.69) is 15.1 Å². The molecule has 118 valence electrons. The second-order valence-corrected chi connectivity index (χ2v) is 5.01. The van der Waals surface area contributed by atoms with Crippen LogP contribution >= 0.6 is 0 Å². The van der Waals surface area contributed by atoms with Gasteiger partial charge in [0.25, 0.3) is 0 Å². The van der Waals surface area contributed by atoms with Crippen molar-refractivity contribution in [3.63, 3.8) is 0 Å². The summed E-state index contributed by atoms with van der Waals surface area (Å²) in [7, 11) is 0. The Morgan fingerprint density at radius 3 is 2.91 bits per heavy atom. The second-order valence-electron chi connectivity index (χ2n) is 5.01. The molecule has 10 nitrogen and oxygen atoms in total. The number of aliphatic hydroxyl groups is 2. The van der Waals surface area contributed by atoms with Crippen LogP contribution in [0.2, 0.25) is 0 Å². The average molecular weight is 308 g/mol. The molecule has 3 atom stereocenters. The predicted molar refractivity (Wildman–Crippen MR) is 76.1 cm³/mol. The van der Waals surface area contributed by atoms with Crippen molar-refractivity contribution in [1.29, 1.82) is 0 Å². The fourth-order valence-corrected chi connectivity index (χ4v) is 2.63. The molecule has 0 amide bonds. The average Bonchev–Trinajstić information content (AvgIpc) is 3.08. The normalized spacial score (nSPS) is 25.9. The number of nitrogens with zero attached hydrogens (tertiary/aromatic N) is 4. The third kappa shape index (κ3) is 2.13. The summed E-state index contributed by atoms with van der Waals surface area (Å²) in [5.74, 6) is 0.0464. The second kappa shape index (κ2) is 5.40. The Morgan fingerprint density at radius 1 is 1.50 bits per heavy atom. The monoisotopic (exact) mass is 308 g/mol. The Kier molecular flexibility index (Phi) is 3.56. The van der Waals surface area contributed by atoms with Gasteiger partial charge in [0.05, 0.1) is 23.7 Å². The summed E-state index contributed by atoms with van der Waals surface area (Å²) in [6, 6.07) is 0. The van der Waals surface area contributed by atoms with Gasteiger partial charge in [0, 0.05) is 12.6 Å². The van der Waals surface area contributed by atoms with Gasteiger partial charge in [0.1, 0.15) is 30.1 Å². The molecule has 3 heterocycles. The lowest BCUT2D eigenvalue weighted by atomic mass is 10.2. The van der Waals surface area contributed by atoms with Gasteiger partial charge in [0.15, 0.2) is 5.84 Å². The van der Waals surface area contributed by atoms with Crippen LogP contribution in [0.3, 0.4) is 0 Å². The first-order valence-electron chi connectivity index (χ1n) is 6.60. The molecule has 1 saturated heterocycles. The quantitative estimate of drug-likeness (QED) is 0.203. The van der Waals surface area contributed by atoms with E-state index < -0.39 is 18.4 Å². The highest BCUT2D eigenvalue weighted by molar-refractivity contribution is 6.11. The fourth-order valence-electron chi connectivity index (χ4n) is 2.63. The Hall–Kier alpha value is -2.43. The standard InChI is InChI=1S/C12H16N6O4/c13-10(17-21)5-2-18(8-1-6(20)7(3-19)22-8)12-9(5)11(14)15-4-16-12/h2,4,6-8,19-21H,1,3H2,(H2,13,17)(H2,14,15,16)/t6-,7+,8+/m0/s1. The number of amidine groups is 1. The first-order valence-corrected chi connectivity index (χ1v) is 6.60. The highest BCUT2D eigenvalue weighted by atomic mass is 16.5. The van der Waals surface area contributed by atoms with Gasteiger partial charge in [-0.15, -0.1) is 0 Å². The van der Waals surface area contributed by atoms with Crippen molar-refractivity contribution in [2.75, 3.05) is 12.3 Å². The third-order valence-corrected chi connectivity index (χ3v) is 3.72. The van der Waals surface area contributed by atoms with Gasteiger partial charge in [0.2, 0.25) is 0 Å². The SMILES string of the molecule is NC(=NO)c1cn([C@H]2C[C@H](O)[C@@H](CO)O2)c2ncnc(N)c12. The molecule has 22 heavy (non-hydrogen) atoms. The molecule has 0 radical (unpaired) electrons. The van der Waals surface area contributed by atoms with E-state index in [-0.39, 0.29) is 24.7 Å². The lowest BCUT2D eigenvalue weighted by molar-refractivity contribution is -0.0430. The number of rotatable bonds is 3. The fraction of sp³-hybridized carbons (Fsp3) is 0.417. The molecule has 0 saturated carbocycles. The van der Waals surface area contributed by atoms with E-state index >= 15 is 0 Å². The van der Waals surface area contributed by atoms with E-state index in [9.17, 15) is 10.2 Å². The topological polar surface area (TPSA) is 165 Å². The minimum Gasteiger partial charge on any atom is -0.409 e. The molecule has 3 rings (SSSR count). The summed E-state index contributed by atoms with van der Waals surface area (Å²) >= 11 is 0. The largest absolute Gasteiger partial charge is 0.409 e. The summed E-state index contributed by atoms with van der Waals surface area (Å²) in [4.78, 5) is 8.06. The van der Waals surface area contributed by atoms with Crippen molar-refractivity contribution in [2.45, 2.75) is 24.9 Å². The molecule has 2 aromatic heterocycles. The maximum Gasteiger partial charge on any atom is 0.172 e. The molecule has 1 fully saturated rings. The molecule has 0 aliphatic carbocycles. The summed E-state index contributed by atoms with van der Waals surface area (Å²) in [5.41, 5.74) is 12.3. The first-order chi connectivity index (χ1) is 10.6. The van der Waals surface area contributed by atoms with Crippen molar-refractivity contribution < 1.29 is 20.2 Å². The zero-order chi connectivity index (χ0) is 15.9. The van der Waals surface area contributed by atoms with Gasteiger partial charge >= 0.3 is 0 Å². The van der Waals surface area contributed by atoms with Gasteiger partial charge in [-0.2, -0.15) is 0 Å². The number of fused-ring (bicyclic) bond motifs is 1. The van der Waals surface area contributed by atoms with E-state index in [1.807, 2.05) is 0 Å². The number of aromatic nitrogens is 3. The Balaban J connectivity index is 2.14. The summed E-state index contributed by atoms with van der Waals surface area (Å²) < 4.78 is 7.23. The van der Waals surface area contributed by atoms with Gasteiger partial charge < -0.3 is 36.2 Å². The lowest BCUT2D eigenvalue weighted by Gasteiger charge is -2.14. The number of hydrogen-bond acceptors (Lipinski definition) is 8. The summed E-state index contributed by atoms with van der Waals surface area (Å²) in [5, 5.41) is 31.4. The number of ether oxygens (including phenoxy) is 1. The molecule has 10 heteroatoms. The van der Waals surface area contributed by atoms with E-state index in [4.69, 9.17) is 21.4 Å². The van der Waals surface area contributed by atoms with Crippen molar-refractivity contribution in [2.24, 2.45) is 10.9 Å². The van der Waals surface area contributed by atoms with Crippen molar-refractivity contribution >= 4 is 22.7 Å². The molecule has 0 bridgehead atoms. The number of anilines is 1. The maximum atomic E-state index is 9.87. The van der Waals surface area contributed by atoms with Crippen LogP contribution < -0.4 is 11.5 Å². The summed E-state index contributed by atoms with van der Waals surface area (Å²) in [6.45, 7) is -0.291. The molecule has 2 aromatic rings. The van der Waals surface area contributed by atoms with Crippen LogP contribution in [0.15, 0.2) is 17.7 Å². The number of oxime groups is 1. The zero-order valence-electron chi connectivity index (χ0n) is 11.5. The van der Waals surface area contributed by atoms with Crippen molar-refractivity contribution in [3.05, 3.63) is 18.1 Å². The minimum absolute atomic E-state index is 0.137. The van der Waals surface area contributed by atoms with Crippen LogP contribution in [-0.4, -0.2) is 54.6 Å².